The van der Waals surface area contributed by atoms with Gasteiger partial charge in [-0.3, -0.25) is 14.9 Å². The van der Waals surface area contributed by atoms with E-state index in [0.29, 0.717) is 6.54 Å². The smallest absolute Gasteiger partial charge is 0.269 e. The van der Waals surface area contributed by atoms with E-state index in [1.165, 1.54) is 18.2 Å². The van der Waals surface area contributed by atoms with Gasteiger partial charge in [0.25, 0.3) is 5.69 Å². The summed E-state index contributed by atoms with van der Waals surface area (Å²) in [6, 6.07) is 15.9. The molecule has 3 aromatic rings. The third kappa shape index (κ3) is 5.12. The monoisotopic (exact) mass is 362 g/mol. The minimum atomic E-state index is -0.457. The van der Waals surface area contributed by atoms with E-state index < -0.39 is 4.92 Å². The minimum Gasteiger partial charge on any atom is -0.352 e. The summed E-state index contributed by atoms with van der Waals surface area (Å²) in [7, 11) is 0. The van der Waals surface area contributed by atoms with Crippen molar-refractivity contribution in [2.24, 2.45) is 0 Å². The maximum atomic E-state index is 11.9. The van der Waals surface area contributed by atoms with Crippen LogP contribution in [0, 0.1) is 10.1 Å². The average molecular weight is 362 g/mol. The van der Waals surface area contributed by atoms with Crippen LogP contribution in [0.5, 0.6) is 0 Å². The molecule has 0 aliphatic carbocycles. The highest BCUT2D eigenvalue weighted by Gasteiger charge is 2.03. The molecular weight excluding hydrogens is 344 g/mol. The van der Waals surface area contributed by atoms with Gasteiger partial charge in [0.1, 0.15) is 0 Å². The Labute approximate surface area is 156 Å². The lowest BCUT2D eigenvalue weighted by Gasteiger charge is -2.05. The van der Waals surface area contributed by atoms with Gasteiger partial charge in [0.2, 0.25) is 5.91 Å². The zero-order valence-electron chi connectivity index (χ0n) is 14.5. The number of hydrogen-bond acceptors (Lipinski definition) is 4. The van der Waals surface area contributed by atoms with Crippen LogP contribution in [0.2, 0.25) is 0 Å². The summed E-state index contributed by atoms with van der Waals surface area (Å²) in [5, 5.41) is 17.6. The van der Waals surface area contributed by atoms with Crippen LogP contribution in [-0.2, 0) is 11.2 Å². The van der Waals surface area contributed by atoms with Crippen molar-refractivity contribution in [1.82, 2.24) is 15.1 Å². The zero-order valence-corrected chi connectivity index (χ0v) is 14.5. The molecular formula is C20H18N4O3. The van der Waals surface area contributed by atoms with Crippen molar-refractivity contribution < 1.29 is 9.72 Å². The Morgan fingerprint density at radius 3 is 2.52 bits per heavy atom. The molecule has 0 atom stereocenters. The molecule has 0 unspecified atom stereocenters. The number of rotatable bonds is 7. The number of non-ortho nitro benzene ring substituents is 1. The molecule has 7 nitrogen and oxygen atoms in total. The van der Waals surface area contributed by atoms with E-state index in [0.717, 1.165) is 23.2 Å². The number of amides is 1. The van der Waals surface area contributed by atoms with Crippen LogP contribution >= 0.6 is 0 Å². The minimum absolute atomic E-state index is 0.0233. The van der Waals surface area contributed by atoms with Crippen LogP contribution in [0.4, 0.5) is 5.69 Å². The van der Waals surface area contributed by atoms with E-state index in [1.807, 2.05) is 36.5 Å². The van der Waals surface area contributed by atoms with Gasteiger partial charge >= 0.3 is 0 Å². The fourth-order valence-electron chi connectivity index (χ4n) is 2.50. The molecule has 0 radical (unpaired) electrons. The van der Waals surface area contributed by atoms with Crippen molar-refractivity contribution >= 4 is 17.7 Å². The number of nitrogens with zero attached hydrogens (tertiary/aromatic N) is 3. The molecule has 2 aromatic carbocycles. The van der Waals surface area contributed by atoms with E-state index in [9.17, 15) is 14.9 Å². The van der Waals surface area contributed by atoms with Crippen LogP contribution in [0.15, 0.2) is 73.1 Å². The number of hydrogen-bond donors (Lipinski definition) is 1. The lowest BCUT2D eigenvalue weighted by atomic mass is 10.1. The molecule has 0 aliphatic rings. The van der Waals surface area contributed by atoms with E-state index in [2.05, 4.69) is 10.4 Å². The Bertz CT molecular complexity index is 930. The second-order valence-electron chi connectivity index (χ2n) is 5.84. The molecule has 136 valence electrons. The van der Waals surface area contributed by atoms with Crippen molar-refractivity contribution in [3.63, 3.8) is 0 Å². The average Bonchev–Trinajstić information content (AvgIpc) is 3.22. The molecule has 1 amide bonds. The molecule has 0 bridgehead atoms. The number of nitro benzene ring substituents is 1. The summed E-state index contributed by atoms with van der Waals surface area (Å²) in [5.74, 6) is -0.207. The molecule has 3 rings (SSSR count). The summed E-state index contributed by atoms with van der Waals surface area (Å²) in [6.07, 6.45) is 7.37. The van der Waals surface area contributed by atoms with Crippen LogP contribution in [0.1, 0.15) is 11.1 Å². The Morgan fingerprint density at radius 1 is 1.15 bits per heavy atom. The molecule has 0 saturated heterocycles. The van der Waals surface area contributed by atoms with Crippen LogP contribution < -0.4 is 5.32 Å². The standard InChI is InChI=1S/C20H18N4O3/c25-20(11-6-16-4-9-19(10-5-16)24(26)27)21-14-12-17-2-7-18(8-3-17)23-15-1-13-22-23/h1-11,13,15H,12,14H2,(H,21,25)/b11-6+. The van der Waals surface area contributed by atoms with Crippen LogP contribution in [0.3, 0.4) is 0 Å². The highest BCUT2D eigenvalue weighted by molar-refractivity contribution is 5.91. The predicted molar refractivity (Wildman–Crippen MR) is 102 cm³/mol. The SMILES string of the molecule is O=C(/C=C/c1ccc([N+](=O)[O-])cc1)NCCc1ccc(-n2cccn2)cc1. The first-order valence-electron chi connectivity index (χ1n) is 8.41. The number of benzene rings is 2. The molecule has 27 heavy (non-hydrogen) atoms. The molecule has 0 saturated carbocycles. The van der Waals surface area contributed by atoms with E-state index in [1.54, 1.807) is 29.1 Å². The van der Waals surface area contributed by atoms with Crippen LogP contribution in [0.25, 0.3) is 11.8 Å². The number of nitro groups is 1. The number of aromatic nitrogens is 2. The highest BCUT2D eigenvalue weighted by Crippen LogP contribution is 2.13. The van der Waals surface area contributed by atoms with E-state index in [-0.39, 0.29) is 11.6 Å². The van der Waals surface area contributed by atoms with Crippen molar-refractivity contribution in [2.45, 2.75) is 6.42 Å². The fraction of sp³-hybridized carbons (Fsp3) is 0.100. The summed E-state index contributed by atoms with van der Waals surface area (Å²) < 4.78 is 1.79. The summed E-state index contributed by atoms with van der Waals surface area (Å²) in [4.78, 5) is 22.0. The van der Waals surface area contributed by atoms with Crippen molar-refractivity contribution in [3.05, 3.63) is 94.3 Å². The molecule has 7 heteroatoms. The predicted octanol–water partition coefficient (Wildman–Crippen LogP) is 3.15. The topological polar surface area (TPSA) is 90.1 Å². The fourth-order valence-corrected chi connectivity index (χ4v) is 2.50. The largest absolute Gasteiger partial charge is 0.352 e. The second-order valence-corrected chi connectivity index (χ2v) is 5.84. The molecule has 0 spiro atoms. The van der Waals surface area contributed by atoms with Crippen molar-refractivity contribution in [3.8, 4) is 5.69 Å². The maximum absolute atomic E-state index is 11.9. The first kappa shape index (κ1) is 18.1. The maximum Gasteiger partial charge on any atom is 0.269 e. The van der Waals surface area contributed by atoms with Gasteiger partial charge in [-0.15, -0.1) is 0 Å². The Kier molecular flexibility index (Phi) is 5.73. The zero-order chi connectivity index (χ0) is 19.1. The normalized spacial score (nSPS) is 10.8. The van der Waals surface area contributed by atoms with Gasteiger partial charge in [-0.25, -0.2) is 4.68 Å². The molecule has 0 aliphatic heterocycles. The molecule has 1 N–H and O–H groups in total. The van der Waals surface area contributed by atoms with E-state index >= 15 is 0 Å². The quantitative estimate of drug-likeness (QED) is 0.397. The summed E-state index contributed by atoms with van der Waals surface area (Å²) in [5.41, 5.74) is 2.85. The summed E-state index contributed by atoms with van der Waals surface area (Å²) >= 11 is 0. The second kappa shape index (κ2) is 8.57. The Hall–Kier alpha value is -3.74. The van der Waals surface area contributed by atoms with Crippen molar-refractivity contribution in [2.75, 3.05) is 6.54 Å². The van der Waals surface area contributed by atoms with Gasteiger partial charge in [0.05, 0.1) is 10.6 Å². The molecule has 1 aromatic heterocycles. The Balaban J connectivity index is 1.45. The summed E-state index contributed by atoms with van der Waals surface area (Å²) in [6.45, 7) is 0.518. The van der Waals surface area contributed by atoms with Gasteiger partial charge in [-0.1, -0.05) is 12.1 Å². The highest BCUT2D eigenvalue weighted by atomic mass is 16.6. The third-order valence-electron chi connectivity index (χ3n) is 3.95. The van der Waals surface area contributed by atoms with E-state index in [4.69, 9.17) is 0 Å². The van der Waals surface area contributed by atoms with Gasteiger partial charge < -0.3 is 5.32 Å². The number of carbonyl (C=O) groups excluding carboxylic acids is 1. The van der Waals surface area contributed by atoms with Crippen molar-refractivity contribution in [1.29, 1.82) is 0 Å². The third-order valence-corrected chi connectivity index (χ3v) is 3.95. The van der Waals surface area contributed by atoms with Gasteiger partial charge in [-0.2, -0.15) is 5.10 Å². The Morgan fingerprint density at radius 2 is 1.89 bits per heavy atom. The lowest BCUT2D eigenvalue weighted by molar-refractivity contribution is -0.384. The van der Waals surface area contributed by atoms with Gasteiger partial charge in [0, 0.05) is 37.1 Å². The molecule has 1 heterocycles. The van der Waals surface area contributed by atoms with Crippen LogP contribution in [-0.4, -0.2) is 27.2 Å². The first-order valence-corrected chi connectivity index (χ1v) is 8.41. The first-order chi connectivity index (χ1) is 13.1. The van der Waals surface area contributed by atoms with Gasteiger partial charge in [0.15, 0.2) is 0 Å². The number of carbonyl (C=O) groups is 1. The lowest BCUT2D eigenvalue weighted by Crippen LogP contribution is -2.23. The van der Waals surface area contributed by atoms with Gasteiger partial charge in [-0.05, 0) is 54.0 Å². The molecule has 0 fully saturated rings. The number of nitrogens with one attached hydrogen (secondary N) is 1.